The average molecular weight is 378 g/mol. The molecule has 1 heterocycles. The lowest BCUT2D eigenvalue weighted by Crippen LogP contribution is -2.15. The lowest BCUT2D eigenvalue weighted by atomic mass is 10.2. The Labute approximate surface area is 154 Å². The minimum Gasteiger partial charge on any atom is -0.480 e. The van der Waals surface area contributed by atoms with Crippen LogP contribution in [0.4, 0.5) is 0 Å². The molecule has 2 aromatic carbocycles. The first-order valence-electron chi connectivity index (χ1n) is 7.35. The number of halogens is 2. The first-order valence-corrected chi connectivity index (χ1v) is 8.11. The molecule has 0 N–H and O–H groups in total. The third-order valence-electron chi connectivity index (χ3n) is 3.21. The fraction of sp³-hybridized carbons (Fsp3) is 0.111. The van der Waals surface area contributed by atoms with Crippen molar-refractivity contribution in [1.82, 2.24) is 4.98 Å². The maximum absolute atomic E-state index is 11.8. The van der Waals surface area contributed by atoms with Crippen LogP contribution >= 0.6 is 23.2 Å². The molecule has 0 spiro atoms. The Morgan fingerprint density at radius 2 is 1.92 bits per heavy atom. The third-order valence-corrected chi connectivity index (χ3v) is 3.74. The standard InChI is InChI=1S/C18H13Cl2NO4/c19-13-6-7-15(14(20)8-13)23-11-18(22)24-10-17-21-9-16(25-17)12-4-2-1-3-5-12/h1-9H,10-11H2. The van der Waals surface area contributed by atoms with Gasteiger partial charge in [-0.2, -0.15) is 0 Å². The van der Waals surface area contributed by atoms with E-state index < -0.39 is 5.97 Å². The van der Waals surface area contributed by atoms with Gasteiger partial charge in [0, 0.05) is 10.6 Å². The second-order valence-corrected chi connectivity index (χ2v) is 5.85. The van der Waals surface area contributed by atoms with Crippen molar-refractivity contribution in [3.63, 3.8) is 0 Å². The first kappa shape index (κ1) is 17.3. The molecule has 3 rings (SSSR count). The normalized spacial score (nSPS) is 10.5. The number of rotatable bonds is 6. The molecule has 0 aliphatic carbocycles. The van der Waals surface area contributed by atoms with Gasteiger partial charge in [-0.15, -0.1) is 0 Å². The number of carbonyl (C=O) groups is 1. The topological polar surface area (TPSA) is 61.6 Å². The van der Waals surface area contributed by atoms with Crippen LogP contribution in [-0.2, 0) is 16.1 Å². The molecule has 0 bridgehead atoms. The molecule has 5 nitrogen and oxygen atoms in total. The SMILES string of the molecule is O=C(COc1ccc(Cl)cc1Cl)OCc1ncc(-c2ccccc2)o1. The predicted octanol–water partition coefficient (Wildman–Crippen LogP) is 4.77. The molecule has 7 heteroatoms. The van der Waals surface area contributed by atoms with Crippen LogP contribution in [0.5, 0.6) is 5.75 Å². The van der Waals surface area contributed by atoms with Crippen molar-refractivity contribution in [1.29, 1.82) is 0 Å². The molecule has 0 aliphatic rings. The van der Waals surface area contributed by atoms with Crippen LogP contribution in [-0.4, -0.2) is 17.6 Å². The lowest BCUT2D eigenvalue weighted by molar-refractivity contribution is -0.148. The maximum Gasteiger partial charge on any atom is 0.344 e. The van der Waals surface area contributed by atoms with E-state index in [1.807, 2.05) is 30.3 Å². The highest BCUT2D eigenvalue weighted by Gasteiger charge is 2.11. The van der Waals surface area contributed by atoms with E-state index in [1.54, 1.807) is 18.3 Å². The van der Waals surface area contributed by atoms with Crippen molar-refractivity contribution in [2.75, 3.05) is 6.61 Å². The molecule has 0 radical (unpaired) electrons. The summed E-state index contributed by atoms with van der Waals surface area (Å²) in [6.45, 7) is -0.364. The Kier molecular flexibility index (Phi) is 5.58. The van der Waals surface area contributed by atoms with Gasteiger partial charge in [0.2, 0.25) is 5.89 Å². The second kappa shape index (κ2) is 8.05. The number of oxazole rings is 1. The van der Waals surface area contributed by atoms with E-state index in [-0.39, 0.29) is 13.2 Å². The van der Waals surface area contributed by atoms with Crippen molar-refractivity contribution in [2.45, 2.75) is 6.61 Å². The molecular weight excluding hydrogens is 365 g/mol. The first-order chi connectivity index (χ1) is 12.1. The molecule has 0 atom stereocenters. The van der Waals surface area contributed by atoms with Gasteiger partial charge < -0.3 is 13.9 Å². The van der Waals surface area contributed by atoms with Gasteiger partial charge >= 0.3 is 5.97 Å². The summed E-state index contributed by atoms with van der Waals surface area (Å²) in [5, 5.41) is 0.804. The highest BCUT2D eigenvalue weighted by molar-refractivity contribution is 6.35. The highest BCUT2D eigenvalue weighted by Crippen LogP contribution is 2.27. The second-order valence-electron chi connectivity index (χ2n) is 5.01. The van der Waals surface area contributed by atoms with E-state index in [0.29, 0.717) is 27.4 Å². The maximum atomic E-state index is 11.8. The van der Waals surface area contributed by atoms with Gasteiger partial charge in [0.05, 0.1) is 11.2 Å². The molecule has 0 saturated heterocycles. The summed E-state index contributed by atoms with van der Waals surface area (Å²) in [6.07, 6.45) is 1.59. The van der Waals surface area contributed by atoms with Gasteiger partial charge in [0.1, 0.15) is 5.75 Å². The number of hydrogen-bond donors (Lipinski definition) is 0. The zero-order valence-electron chi connectivity index (χ0n) is 12.9. The summed E-state index contributed by atoms with van der Waals surface area (Å²) in [7, 11) is 0. The van der Waals surface area contributed by atoms with Crippen molar-refractivity contribution in [3.05, 3.63) is 70.7 Å². The number of aromatic nitrogens is 1. The molecular formula is C18H13Cl2NO4. The third kappa shape index (κ3) is 4.75. The predicted molar refractivity (Wildman–Crippen MR) is 93.7 cm³/mol. The lowest BCUT2D eigenvalue weighted by Gasteiger charge is -2.07. The fourth-order valence-electron chi connectivity index (χ4n) is 2.03. The number of ether oxygens (including phenoxy) is 2. The van der Waals surface area contributed by atoms with Crippen molar-refractivity contribution < 1.29 is 18.7 Å². The van der Waals surface area contributed by atoms with Crippen LogP contribution in [0.2, 0.25) is 10.0 Å². The number of benzene rings is 2. The molecule has 0 unspecified atom stereocenters. The summed E-state index contributed by atoms with van der Waals surface area (Å²) < 4.78 is 15.9. The van der Waals surface area contributed by atoms with E-state index in [2.05, 4.69) is 4.98 Å². The number of nitrogens with zero attached hydrogens (tertiary/aromatic N) is 1. The minimum atomic E-state index is -0.564. The van der Waals surface area contributed by atoms with E-state index >= 15 is 0 Å². The van der Waals surface area contributed by atoms with Crippen molar-refractivity contribution in [3.8, 4) is 17.1 Å². The summed E-state index contributed by atoms with van der Waals surface area (Å²) in [5.74, 6) is 0.698. The van der Waals surface area contributed by atoms with E-state index in [9.17, 15) is 4.79 Å². The zero-order valence-corrected chi connectivity index (χ0v) is 14.5. The van der Waals surface area contributed by atoms with Crippen molar-refractivity contribution in [2.24, 2.45) is 0 Å². The van der Waals surface area contributed by atoms with Crippen LogP contribution in [0.25, 0.3) is 11.3 Å². The Morgan fingerprint density at radius 1 is 1.12 bits per heavy atom. The van der Waals surface area contributed by atoms with Gasteiger partial charge in [0.25, 0.3) is 0 Å². The van der Waals surface area contributed by atoms with Gasteiger partial charge in [-0.1, -0.05) is 53.5 Å². The molecule has 128 valence electrons. The van der Waals surface area contributed by atoms with Crippen LogP contribution < -0.4 is 4.74 Å². The van der Waals surface area contributed by atoms with Crippen LogP contribution in [0.15, 0.2) is 59.1 Å². The van der Waals surface area contributed by atoms with Crippen LogP contribution in [0, 0.1) is 0 Å². The van der Waals surface area contributed by atoms with Gasteiger partial charge in [-0.05, 0) is 18.2 Å². The summed E-state index contributed by atoms with van der Waals surface area (Å²) in [5.41, 5.74) is 0.897. The molecule has 0 fully saturated rings. The number of esters is 1. The summed E-state index contributed by atoms with van der Waals surface area (Å²) >= 11 is 11.8. The van der Waals surface area contributed by atoms with Crippen LogP contribution in [0.1, 0.15) is 5.89 Å². The molecule has 0 saturated carbocycles. The Hall–Kier alpha value is -2.50. The zero-order chi connectivity index (χ0) is 17.6. The molecule has 0 aliphatic heterocycles. The average Bonchev–Trinajstić information content (AvgIpc) is 3.09. The molecule has 0 amide bonds. The van der Waals surface area contributed by atoms with E-state index in [1.165, 1.54) is 6.07 Å². The smallest absolute Gasteiger partial charge is 0.344 e. The summed E-state index contributed by atoms with van der Waals surface area (Å²) in [4.78, 5) is 15.8. The summed E-state index contributed by atoms with van der Waals surface area (Å²) in [6, 6.07) is 14.2. The molecule has 25 heavy (non-hydrogen) atoms. The van der Waals surface area contributed by atoms with E-state index in [0.717, 1.165) is 5.56 Å². The van der Waals surface area contributed by atoms with Gasteiger partial charge in [-0.25, -0.2) is 9.78 Å². The quantitative estimate of drug-likeness (QED) is 0.578. The van der Waals surface area contributed by atoms with Gasteiger partial charge in [-0.3, -0.25) is 0 Å². The van der Waals surface area contributed by atoms with Crippen LogP contribution in [0.3, 0.4) is 0 Å². The fourth-order valence-corrected chi connectivity index (χ4v) is 2.49. The molecule has 3 aromatic rings. The monoisotopic (exact) mass is 377 g/mol. The highest BCUT2D eigenvalue weighted by atomic mass is 35.5. The Bertz CT molecular complexity index is 865. The number of carbonyl (C=O) groups excluding carboxylic acids is 1. The van der Waals surface area contributed by atoms with Crippen molar-refractivity contribution >= 4 is 29.2 Å². The molecule has 1 aromatic heterocycles. The van der Waals surface area contributed by atoms with E-state index in [4.69, 9.17) is 37.1 Å². The minimum absolute atomic E-state index is 0.0800. The number of hydrogen-bond acceptors (Lipinski definition) is 5. The Balaban J connectivity index is 1.50. The van der Waals surface area contributed by atoms with Gasteiger partial charge in [0.15, 0.2) is 19.0 Å². The Morgan fingerprint density at radius 3 is 2.68 bits per heavy atom. The largest absolute Gasteiger partial charge is 0.480 e.